The van der Waals surface area contributed by atoms with Crippen LogP contribution >= 0.6 is 0 Å². The zero-order valence-corrected chi connectivity index (χ0v) is 10.6. The molecular formula is C12H13FN2O2S. The second-order valence-electron chi connectivity index (χ2n) is 4.45. The molecule has 1 aromatic carbocycles. The minimum Gasteiger partial charge on any atom is -0.312 e. The summed E-state index contributed by atoms with van der Waals surface area (Å²) in [6.45, 7) is 1.52. The molecule has 0 unspecified atom stereocenters. The fraction of sp³-hybridized carbons (Fsp3) is 0.417. The Morgan fingerprint density at radius 2 is 2.00 bits per heavy atom. The lowest BCUT2D eigenvalue weighted by atomic mass is 10.1. The zero-order valence-electron chi connectivity index (χ0n) is 9.80. The molecule has 0 heterocycles. The molecule has 1 aliphatic carbocycles. The van der Waals surface area contributed by atoms with Gasteiger partial charge in [-0.3, -0.25) is 0 Å². The second kappa shape index (κ2) is 4.04. The van der Waals surface area contributed by atoms with Crippen LogP contribution in [0, 0.1) is 17.1 Å². The van der Waals surface area contributed by atoms with Gasteiger partial charge < -0.3 is 5.73 Å². The third kappa shape index (κ3) is 1.80. The number of nitrogens with zero attached hydrogens (tertiary/aromatic N) is 1. The van der Waals surface area contributed by atoms with Crippen LogP contribution in [-0.4, -0.2) is 25.0 Å². The summed E-state index contributed by atoms with van der Waals surface area (Å²) < 4.78 is 36.6. The number of hydrogen-bond donors (Lipinski definition) is 1. The molecule has 0 spiro atoms. The van der Waals surface area contributed by atoms with E-state index in [0.29, 0.717) is 5.56 Å². The average molecular weight is 268 g/mol. The Labute approximate surface area is 105 Å². The third-order valence-corrected chi connectivity index (χ3v) is 5.63. The van der Waals surface area contributed by atoms with Gasteiger partial charge in [0.05, 0.1) is 6.07 Å². The number of hydrogen-bond acceptors (Lipinski definition) is 4. The molecule has 1 aromatic rings. The molecule has 1 fully saturated rings. The molecule has 0 radical (unpaired) electrons. The van der Waals surface area contributed by atoms with Gasteiger partial charge in [0.2, 0.25) is 0 Å². The Hall–Kier alpha value is -1.45. The van der Waals surface area contributed by atoms with Gasteiger partial charge in [0, 0.05) is 11.7 Å². The van der Waals surface area contributed by atoms with Crippen LogP contribution in [0.4, 0.5) is 4.39 Å². The molecule has 0 aliphatic heterocycles. The molecule has 1 saturated carbocycles. The van der Waals surface area contributed by atoms with E-state index >= 15 is 0 Å². The minimum atomic E-state index is -3.39. The highest BCUT2D eigenvalue weighted by molar-refractivity contribution is 7.92. The van der Waals surface area contributed by atoms with E-state index in [9.17, 15) is 12.8 Å². The quantitative estimate of drug-likeness (QED) is 0.884. The van der Waals surface area contributed by atoms with Gasteiger partial charge in [0.1, 0.15) is 16.6 Å². The van der Waals surface area contributed by atoms with Crippen molar-refractivity contribution in [1.82, 2.24) is 0 Å². The van der Waals surface area contributed by atoms with Crippen molar-refractivity contribution in [2.45, 2.75) is 23.6 Å². The number of rotatable bonds is 3. The lowest BCUT2D eigenvalue weighted by Gasteiger charge is -2.00. The smallest absolute Gasteiger partial charge is 0.156 e. The van der Waals surface area contributed by atoms with Crippen molar-refractivity contribution in [3.63, 3.8) is 0 Å². The van der Waals surface area contributed by atoms with E-state index in [1.54, 1.807) is 0 Å². The monoisotopic (exact) mass is 268 g/mol. The van der Waals surface area contributed by atoms with Crippen LogP contribution < -0.4 is 5.73 Å². The average Bonchev–Trinajstić information content (AvgIpc) is 2.98. The highest BCUT2D eigenvalue weighted by Gasteiger charge is 2.69. The summed E-state index contributed by atoms with van der Waals surface area (Å²) in [5.41, 5.74) is 5.02. The van der Waals surface area contributed by atoms with E-state index in [-0.39, 0.29) is 5.75 Å². The molecule has 1 aliphatic rings. The van der Waals surface area contributed by atoms with Gasteiger partial charge in [-0.15, -0.1) is 0 Å². The third-order valence-electron chi connectivity index (χ3n) is 3.39. The van der Waals surface area contributed by atoms with Gasteiger partial charge in [-0.2, -0.15) is 5.26 Å². The second-order valence-corrected chi connectivity index (χ2v) is 6.86. The van der Waals surface area contributed by atoms with E-state index in [1.165, 1.54) is 31.2 Å². The van der Waals surface area contributed by atoms with Crippen molar-refractivity contribution in [1.29, 1.82) is 5.26 Å². The first-order chi connectivity index (χ1) is 8.36. The van der Waals surface area contributed by atoms with Gasteiger partial charge in [-0.1, -0.05) is 19.1 Å². The fourth-order valence-corrected chi connectivity index (χ4v) is 4.18. The number of halogens is 1. The Morgan fingerprint density at radius 1 is 1.44 bits per heavy atom. The predicted octanol–water partition coefficient (Wildman–Crippen LogP) is 0.947. The highest BCUT2D eigenvalue weighted by atomic mass is 32.2. The number of nitrogens with two attached hydrogens (primary N) is 1. The zero-order chi connectivity index (χ0) is 13.6. The van der Waals surface area contributed by atoms with Gasteiger partial charge >= 0.3 is 0 Å². The molecule has 0 aromatic heterocycles. The normalized spacial score (nSPS) is 30.8. The predicted molar refractivity (Wildman–Crippen MR) is 64.9 cm³/mol. The number of benzene rings is 1. The summed E-state index contributed by atoms with van der Waals surface area (Å²) >= 11 is 0. The molecule has 2 rings (SSSR count). The Morgan fingerprint density at radius 3 is 2.44 bits per heavy atom. The lowest BCUT2D eigenvalue weighted by Crippen LogP contribution is -2.29. The summed E-state index contributed by atoms with van der Waals surface area (Å²) in [5, 5.41) is 8.17. The van der Waals surface area contributed by atoms with Crippen molar-refractivity contribution in [2.24, 2.45) is 5.73 Å². The van der Waals surface area contributed by atoms with Crippen LogP contribution in [0.25, 0.3) is 0 Å². The number of nitriles is 1. The molecule has 18 heavy (non-hydrogen) atoms. The van der Waals surface area contributed by atoms with Crippen LogP contribution in [0.15, 0.2) is 24.3 Å². The Bertz CT molecular complexity index is 606. The summed E-state index contributed by atoms with van der Waals surface area (Å²) in [7, 11) is -3.39. The van der Waals surface area contributed by atoms with Crippen molar-refractivity contribution in [2.75, 3.05) is 5.75 Å². The van der Waals surface area contributed by atoms with Gasteiger partial charge in [-0.25, -0.2) is 12.8 Å². The largest absolute Gasteiger partial charge is 0.312 e. The van der Waals surface area contributed by atoms with E-state index in [2.05, 4.69) is 0 Å². The summed E-state index contributed by atoms with van der Waals surface area (Å²) in [4.78, 5) is 0. The topological polar surface area (TPSA) is 83.9 Å². The molecule has 4 nitrogen and oxygen atoms in total. The van der Waals surface area contributed by atoms with Gasteiger partial charge in [0.25, 0.3) is 0 Å². The van der Waals surface area contributed by atoms with E-state index in [4.69, 9.17) is 11.0 Å². The van der Waals surface area contributed by atoms with Crippen LogP contribution in [0.2, 0.25) is 0 Å². The van der Waals surface area contributed by atoms with Gasteiger partial charge in [-0.05, 0) is 17.7 Å². The van der Waals surface area contributed by atoms with Crippen LogP contribution in [-0.2, 0) is 9.84 Å². The van der Waals surface area contributed by atoms with Crippen molar-refractivity contribution in [3.05, 3.63) is 35.6 Å². The van der Waals surface area contributed by atoms with Crippen LogP contribution in [0.3, 0.4) is 0 Å². The first-order valence-corrected chi connectivity index (χ1v) is 7.25. The molecular weight excluding hydrogens is 255 g/mol. The van der Waals surface area contributed by atoms with Crippen molar-refractivity contribution >= 4 is 9.84 Å². The minimum absolute atomic E-state index is 0.0595. The maximum absolute atomic E-state index is 12.8. The molecule has 0 bridgehead atoms. The maximum atomic E-state index is 12.8. The molecule has 3 atom stereocenters. The lowest BCUT2D eigenvalue weighted by molar-refractivity contribution is 0.593. The molecule has 6 heteroatoms. The number of sulfone groups is 1. The van der Waals surface area contributed by atoms with Crippen LogP contribution in [0.5, 0.6) is 0 Å². The molecule has 2 N–H and O–H groups in total. The molecule has 96 valence electrons. The molecule has 0 saturated heterocycles. The van der Waals surface area contributed by atoms with Crippen molar-refractivity contribution < 1.29 is 12.8 Å². The van der Waals surface area contributed by atoms with E-state index < -0.39 is 32.4 Å². The summed E-state index contributed by atoms with van der Waals surface area (Å²) in [5.74, 6) is -1.04. The van der Waals surface area contributed by atoms with Crippen molar-refractivity contribution in [3.8, 4) is 6.07 Å². The first-order valence-electron chi connectivity index (χ1n) is 5.54. The summed E-state index contributed by atoms with van der Waals surface area (Å²) in [6.07, 6.45) is 0. The highest BCUT2D eigenvalue weighted by Crippen LogP contribution is 2.53. The SMILES string of the molecule is CCS(=O)(=O)[C@@H]1[C@H](c2ccc(F)cc2)[C@]1(N)C#N. The maximum Gasteiger partial charge on any atom is 0.156 e. The standard InChI is InChI=1S/C12H13FN2O2S/c1-2-18(16,17)11-10(12(11,15)7-14)8-3-5-9(13)6-4-8/h3-6,10-11H,2,15H2,1H3/t10-,11+,12+/m0/s1. The fourth-order valence-electron chi connectivity index (χ4n) is 2.31. The Balaban J connectivity index is 2.41. The Kier molecular flexibility index (Phi) is 2.92. The van der Waals surface area contributed by atoms with E-state index in [1.807, 2.05) is 6.07 Å². The van der Waals surface area contributed by atoms with Gasteiger partial charge in [0.15, 0.2) is 9.84 Å². The first kappa shape index (κ1) is 13.0. The molecule has 0 amide bonds. The van der Waals surface area contributed by atoms with Crippen LogP contribution in [0.1, 0.15) is 18.4 Å². The summed E-state index contributed by atoms with van der Waals surface area (Å²) in [6, 6.07) is 7.30. The van der Waals surface area contributed by atoms with E-state index in [0.717, 1.165) is 0 Å².